The van der Waals surface area contributed by atoms with Crippen molar-refractivity contribution in [2.75, 3.05) is 31.5 Å². The average molecular weight is 622 g/mol. The third-order valence-electron chi connectivity index (χ3n) is 8.72. The van der Waals surface area contributed by atoms with Crippen LogP contribution in [0, 0.1) is 38.0 Å². The molecule has 45 heavy (non-hydrogen) atoms. The molecule has 230 valence electrons. The topological polar surface area (TPSA) is 119 Å². The van der Waals surface area contributed by atoms with Gasteiger partial charge in [0, 0.05) is 42.7 Å². The molecular weight excluding hydrogens is 586 g/mol. The third kappa shape index (κ3) is 5.89. The Morgan fingerprint density at radius 3 is 2.38 bits per heavy atom. The monoisotopic (exact) mass is 621 g/mol. The van der Waals surface area contributed by atoms with Crippen LogP contribution in [0.5, 0.6) is 0 Å². The molecule has 2 N–H and O–H groups in total. The van der Waals surface area contributed by atoms with Crippen molar-refractivity contribution in [1.82, 2.24) is 15.1 Å². The number of nitrogens with one attached hydrogen (secondary N) is 2. The van der Waals surface area contributed by atoms with Crippen LogP contribution in [0.1, 0.15) is 55.4 Å². The fourth-order valence-electron chi connectivity index (χ4n) is 6.61. The number of nitrogens with zero attached hydrogens (tertiary/aromatic N) is 3. The normalized spacial score (nSPS) is 21.4. The number of rotatable bonds is 6. The zero-order valence-electron chi connectivity index (χ0n) is 25.4. The molecule has 3 amide bonds. The van der Waals surface area contributed by atoms with Gasteiger partial charge < -0.3 is 24.9 Å². The Kier molecular flexibility index (Phi) is 8.57. The second-order valence-electron chi connectivity index (χ2n) is 11.7. The summed E-state index contributed by atoms with van der Waals surface area (Å²) < 4.78 is 5.88. The summed E-state index contributed by atoms with van der Waals surface area (Å²) in [6, 6.07) is 19.6. The smallest absolute Gasteiger partial charge is 0.323 e. The van der Waals surface area contributed by atoms with E-state index in [1.807, 2.05) is 43.5 Å². The molecule has 4 atom stereocenters. The number of hydrogen-bond donors (Lipinski definition) is 2. The number of carbonyl (C=O) groups is 3. The third-order valence-corrected chi connectivity index (χ3v) is 9.84. The van der Waals surface area contributed by atoms with E-state index in [9.17, 15) is 19.6 Å². The predicted octanol–water partition coefficient (Wildman–Crippen LogP) is 5.81. The minimum atomic E-state index is -0.976. The van der Waals surface area contributed by atoms with Crippen molar-refractivity contribution in [2.45, 2.75) is 38.8 Å². The summed E-state index contributed by atoms with van der Waals surface area (Å²) in [7, 11) is 0. The summed E-state index contributed by atoms with van der Waals surface area (Å²) in [5.74, 6) is -1.19. The molecule has 2 aromatic carbocycles. The zero-order chi connectivity index (χ0) is 31.7. The van der Waals surface area contributed by atoms with Crippen LogP contribution in [0.25, 0.3) is 0 Å². The van der Waals surface area contributed by atoms with Crippen LogP contribution in [0.3, 0.4) is 0 Å². The number of nitriles is 1. The number of piperazine rings is 1. The molecule has 2 aromatic heterocycles. The maximum atomic E-state index is 14.7. The van der Waals surface area contributed by atoms with Crippen LogP contribution in [-0.4, -0.2) is 59.7 Å². The minimum Gasteiger partial charge on any atom is -0.458 e. The molecule has 10 heteroatoms. The number of Topliss-reactive ketones (excluding diaryl/α,β-unsaturated/α-hetero) is 1. The van der Waals surface area contributed by atoms with Crippen molar-refractivity contribution in [2.24, 2.45) is 5.92 Å². The Hall–Kier alpha value is -4.72. The number of carbonyl (C=O) groups excluding carboxylic acids is 3. The van der Waals surface area contributed by atoms with Gasteiger partial charge in [-0.1, -0.05) is 24.3 Å². The summed E-state index contributed by atoms with van der Waals surface area (Å²) in [4.78, 5) is 48.2. The summed E-state index contributed by atoms with van der Waals surface area (Å²) in [5.41, 5.74) is 3.63. The van der Waals surface area contributed by atoms with E-state index in [4.69, 9.17) is 4.42 Å². The number of furan rings is 1. The van der Waals surface area contributed by atoms with Gasteiger partial charge in [0.05, 0.1) is 23.6 Å². The number of amides is 3. The highest BCUT2D eigenvalue weighted by Crippen LogP contribution is 2.53. The largest absolute Gasteiger partial charge is 0.458 e. The molecule has 2 fully saturated rings. The van der Waals surface area contributed by atoms with Crippen molar-refractivity contribution in [3.8, 4) is 6.07 Å². The zero-order valence-corrected chi connectivity index (χ0v) is 26.3. The molecule has 0 spiro atoms. The Bertz CT molecular complexity index is 1760. The molecule has 4 aromatic rings. The number of anilines is 1. The number of thiophene rings is 1. The second kappa shape index (κ2) is 12.7. The van der Waals surface area contributed by atoms with E-state index < -0.39 is 30.0 Å². The van der Waals surface area contributed by atoms with Gasteiger partial charge in [-0.3, -0.25) is 9.59 Å². The molecule has 4 heterocycles. The first-order chi connectivity index (χ1) is 21.8. The lowest BCUT2D eigenvalue weighted by Gasteiger charge is -2.36. The van der Waals surface area contributed by atoms with Crippen LogP contribution >= 0.6 is 11.3 Å². The summed E-state index contributed by atoms with van der Waals surface area (Å²) in [6.45, 7) is 7.98. The molecule has 0 radical (unpaired) electrons. The molecule has 4 unspecified atom stereocenters. The van der Waals surface area contributed by atoms with Gasteiger partial charge in [0.2, 0.25) is 11.7 Å². The Morgan fingerprint density at radius 2 is 1.76 bits per heavy atom. The average Bonchev–Trinajstić information content (AvgIpc) is 3.77. The van der Waals surface area contributed by atoms with Crippen molar-refractivity contribution in [3.05, 3.63) is 111 Å². The number of benzene rings is 2. The first-order valence-electron chi connectivity index (χ1n) is 15.1. The molecule has 6 rings (SSSR count). The molecular formula is C35H35N5O4S. The van der Waals surface area contributed by atoms with Crippen LogP contribution in [0.4, 0.5) is 10.5 Å². The van der Waals surface area contributed by atoms with Gasteiger partial charge >= 0.3 is 6.03 Å². The van der Waals surface area contributed by atoms with Crippen LogP contribution in [0.2, 0.25) is 0 Å². The maximum Gasteiger partial charge on any atom is 0.323 e. The number of hydrogen-bond acceptors (Lipinski definition) is 7. The minimum absolute atomic E-state index is 0.185. The van der Waals surface area contributed by atoms with Gasteiger partial charge in [-0.15, -0.1) is 11.3 Å². The highest BCUT2D eigenvalue weighted by Gasteiger charge is 2.59. The molecule has 0 bridgehead atoms. The Labute approximate surface area is 266 Å². The van der Waals surface area contributed by atoms with Gasteiger partial charge in [-0.2, -0.15) is 5.26 Å². The molecule has 9 nitrogen and oxygen atoms in total. The lowest BCUT2D eigenvalue weighted by Crippen LogP contribution is -2.55. The lowest BCUT2D eigenvalue weighted by molar-refractivity contribution is -0.136. The van der Waals surface area contributed by atoms with Crippen molar-refractivity contribution < 1.29 is 18.8 Å². The maximum absolute atomic E-state index is 14.7. The number of likely N-dealkylation sites (tertiary alicyclic amines) is 1. The molecule has 0 saturated carbocycles. The van der Waals surface area contributed by atoms with E-state index in [2.05, 4.69) is 16.7 Å². The first-order valence-corrected chi connectivity index (χ1v) is 15.9. The lowest BCUT2D eigenvalue weighted by atomic mass is 9.78. The summed E-state index contributed by atoms with van der Waals surface area (Å²) >= 11 is 1.49. The van der Waals surface area contributed by atoms with Crippen LogP contribution in [0.15, 0.2) is 76.5 Å². The van der Waals surface area contributed by atoms with Crippen LogP contribution in [-0.2, 0) is 4.79 Å². The van der Waals surface area contributed by atoms with E-state index in [0.29, 0.717) is 48.8 Å². The second-order valence-corrected chi connectivity index (χ2v) is 12.6. The Morgan fingerprint density at radius 1 is 1.00 bits per heavy atom. The SMILES string of the molecule is Cc1cccc(NC(=O)N2C(C(=O)N3CCNCC3)C(c3sccc3C)C(C(=O)c3ccc(C)o3)C2c2ccc(C#N)cc2)c1. The summed E-state index contributed by atoms with van der Waals surface area (Å²) in [5, 5.41) is 17.8. The predicted molar refractivity (Wildman–Crippen MR) is 172 cm³/mol. The quantitative estimate of drug-likeness (QED) is 0.263. The van der Waals surface area contributed by atoms with Crippen molar-refractivity contribution in [3.63, 3.8) is 0 Å². The number of ketones is 1. The standard InChI is InChI=1S/C35H35N5O4S/c1-21-5-4-6-26(19-21)38-35(43)40-30(25-10-8-24(20-36)9-11-25)28(32(41)27-12-7-23(3)44-27)29(33-22(2)13-18-45-33)31(40)34(42)39-16-14-37-15-17-39/h4-13,18-19,28-31,37H,14-17H2,1-3H3,(H,38,43). The molecule has 2 saturated heterocycles. The fourth-order valence-corrected chi connectivity index (χ4v) is 7.72. The number of aryl methyl sites for hydroxylation is 3. The number of urea groups is 1. The van der Waals surface area contributed by atoms with E-state index in [1.165, 1.54) is 11.3 Å². The van der Waals surface area contributed by atoms with Gasteiger partial charge in [-0.25, -0.2) is 4.79 Å². The molecule has 2 aliphatic heterocycles. The molecule has 2 aliphatic rings. The van der Waals surface area contributed by atoms with Gasteiger partial charge in [0.1, 0.15) is 11.8 Å². The van der Waals surface area contributed by atoms with E-state index in [0.717, 1.165) is 16.0 Å². The van der Waals surface area contributed by atoms with Gasteiger partial charge in [-0.05, 0) is 85.3 Å². The highest BCUT2D eigenvalue weighted by molar-refractivity contribution is 7.10. The van der Waals surface area contributed by atoms with Crippen LogP contribution < -0.4 is 10.6 Å². The van der Waals surface area contributed by atoms with E-state index in [-0.39, 0.29) is 17.5 Å². The van der Waals surface area contributed by atoms with E-state index in [1.54, 1.807) is 59.2 Å². The first kappa shape index (κ1) is 30.3. The van der Waals surface area contributed by atoms with E-state index >= 15 is 0 Å². The fraction of sp³-hybridized carbons (Fsp3) is 0.314. The Balaban J connectivity index is 1.57. The highest BCUT2D eigenvalue weighted by atomic mass is 32.1. The van der Waals surface area contributed by atoms with Gasteiger partial charge in [0.25, 0.3) is 0 Å². The molecule has 0 aliphatic carbocycles. The van der Waals surface area contributed by atoms with Crippen molar-refractivity contribution in [1.29, 1.82) is 5.26 Å². The van der Waals surface area contributed by atoms with Crippen molar-refractivity contribution >= 4 is 34.7 Å². The van der Waals surface area contributed by atoms with Gasteiger partial charge in [0.15, 0.2) is 5.76 Å². The summed E-state index contributed by atoms with van der Waals surface area (Å²) in [6.07, 6.45) is 0.